The van der Waals surface area contributed by atoms with Gasteiger partial charge in [0.15, 0.2) is 5.70 Å². The minimum atomic E-state index is -0.678. The Morgan fingerprint density at radius 1 is 1.12 bits per heavy atom. The van der Waals surface area contributed by atoms with Crippen molar-refractivity contribution < 1.29 is 23.6 Å². The third kappa shape index (κ3) is 4.54. The van der Waals surface area contributed by atoms with E-state index in [0.29, 0.717) is 28.0 Å². The SMILES string of the molecule is Cc1ccc(C2=N/C(=C\c3ccccc3OCc3cccc(F)c3)C(=O)O2)cc1[N+](=O)[O-]. The minimum Gasteiger partial charge on any atom is -0.488 e. The van der Waals surface area contributed by atoms with Crippen molar-refractivity contribution in [3.63, 3.8) is 0 Å². The highest BCUT2D eigenvalue weighted by Crippen LogP contribution is 2.27. The minimum absolute atomic E-state index is 0.0116. The number of nitro benzene ring substituents is 1. The molecule has 0 fully saturated rings. The number of benzene rings is 3. The molecule has 1 aliphatic heterocycles. The monoisotopic (exact) mass is 432 g/mol. The molecule has 0 saturated heterocycles. The molecular weight excluding hydrogens is 415 g/mol. The van der Waals surface area contributed by atoms with Crippen molar-refractivity contribution in [3.8, 4) is 5.75 Å². The maximum absolute atomic E-state index is 13.4. The third-order valence-corrected chi connectivity index (χ3v) is 4.77. The smallest absolute Gasteiger partial charge is 0.363 e. The van der Waals surface area contributed by atoms with Gasteiger partial charge in [-0.15, -0.1) is 0 Å². The Labute approximate surface area is 182 Å². The molecule has 32 heavy (non-hydrogen) atoms. The predicted molar refractivity (Wildman–Crippen MR) is 116 cm³/mol. The Bertz CT molecular complexity index is 1280. The van der Waals surface area contributed by atoms with E-state index in [1.54, 1.807) is 55.5 Å². The predicted octanol–water partition coefficient (Wildman–Crippen LogP) is 4.97. The van der Waals surface area contributed by atoms with Crippen LogP contribution in [0.1, 0.15) is 22.3 Å². The fraction of sp³-hybridized carbons (Fsp3) is 0.0833. The molecule has 7 nitrogen and oxygen atoms in total. The molecule has 8 heteroatoms. The second kappa shape index (κ2) is 8.81. The summed E-state index contributed by atoms with van der Waals surface area (Å²) in [4.78, 5) is 27.3. The van der Waals surface area contributed by atoms with Gasteiger partial charge >= 0.3 is 5.97 Å². The highest BCUT2D eigenvalue weighted by Gasteiger charge is 2.26. The molecule has 0 N–H and O–H groups in total. The van der Waals surface area contributed by atoms with Gasteiger partial charge < -0.3 is 9.47 Å². The molecule has 0 bridgehead atoms. The van der Waals surface area contributed by atoms with E-state index in [1.165, 1.54) is 24.3 Å². The van der Waals surface area contributed by atoms with E-state index in [9.17, 15) is 19.3 Å². The number of hydrogen-bond donors (Lipinski definition) is 0. The zero-order valence-electron chi connectivity index (χ0n) is 16.9. The second-order valence-corrected chi connectivity index (χ2v) is 7.05. The molecule has 0 atom stereocenters. The van der Waals surface area contributed by atoms with Gasteiger partial charge in [-0.05, 0) is 42.8 Å². The average molecular weight is 432 g/mol. The van der Waals surface area contributed by atoms with Crippen molar-refractivity contribution in [3.05, 3.63) is 111 Å². The maximum atomic E-state index is 13.4. The lowest BCUT2D eigenvalue weighted by Gasteiger charge is -2.09. The second-order valence-electron chi connectivity index (χ2n) is 7.05. The van der Waals surface area contributed by atoms with E-state index in [4.69, 9.17) is 9.47 Å². The highest BCUT2D eigenvalue weighted by atomic mass is 19.1. The fourth-order valence-corrected chi connectivity index (χ4v) is 3.14. The number of aliphatic imine (C=N–C) groups is 1. The van der Waals surface area contributed by atoms with Crippen molar-refractivity contribution in [1.29, 1.82) is 0 Å². The zero-order valence-corrected chi connectivity index (χ0v) is 16.9. The van der Waals surface area contributed by atoms with Gasteiger partial charge in [-0.25, -0.2) is 14.2 Å². The number of aryl methyl sites for hydroxylation is 1. The van der Waals surface area contributed by atoms with Crippen molar-refractivity contribution in [2.75, 3.05) is 0 Å². The molecule has 0 saturated carbocycles. The molecule has 0 radical (unpaired) electrons. The van der Waals surface area contributed by atoms with Crippen LogP contribution in [0.4, 0.5) is 10.1 Å². The molecular formula is C24H17FN2O5. The largest absolute Gasteiger partial charge is 0.488 e. The van der Waals surface area contributed by atoms with Gasteiger partial charge in [-0.2, -0.15) is 0 Å². The van der Waals surface area contributed by atoms with Crippen LogP contribution in [0.5, 0.6) is 5.75 Å². The lowest BCUT2D eigenvalue weighted by atomic mass is 10.1. The summed E-state index contributed by atoms with van der Waals surface area (Å²) in [5.74, 6) is -0.564. The number of carbonyl (C=O) groups is 1. The van der Waals surface area contributed by atoms with Crippen LogP contribution < -0.4 is 4.74 Å². The number of hydrogen-bond acceptors (Lipinski definition) is 6. The van der Waals surface area contributed by atoms with Crippen LogP contribution in [0.2, 0.25) is 0 Å². The first kappa shape index (κ1) is 20.9. The molecule has 0 aliphatic carbocycles. The van der Waals surface area contributed by atoms with E-state index in [-0.39, 0.29) is 29.7 Å². The molecule has 0 amide bonds. The molecule has 0 aromatic heterocycles. The number of nitro groups is 1. The fourth-order valence-electron chi connectivity index (χ4n) is 3.14. The summed E-state index contributed by atoms with van der Waals surface area (Å²) < 4.78 is 24.4. The van der Waals surface area contributed by atoms with Gasteiger partial charge in [-0.3, -0.25) is 10.1 Å². The first-order valence-corrected chi connectivity index (χ1v) is 9.65. The molecule has 3 aromatic rings. The topological polar surface area (TPSA) is 91.0 Å². The van der Waals surface area contributed by atoms with Gasteiger partial charge in [0.1, 0.15) is 18.2 Å². The van der Waals surface area contributed by atoms with E-state index in [2.05, 4.69) is 4.99 Å². The molecule has 4 rings (SSSR count). The van der Waals surface area contributed by atoms with Gasteiger partial charge in [0, 0.05) is 22.8 Å². The molecule has 1 aliphatic rings. The number of halogens is 1. The van der Waals surface area contributed by atoms with Crippen molar-refractivity contribution in [2.45, 2.75) is 13.5 Å². The summed E-state index contributed by atoms with van der Waals surface area (Å²) in [7, 11) is 0. The standard InChI is InChI=1S/C24H17FN2O5/c1-15-9-10-18(13-21(15)27(29)30)23-26-20(24(28)32-23)12-17-6-2-3-8-22(17)31-14-16-5-4-7-19(25)11-16/h2-13H,14H2,1H3/b20-12-. The molecule has 1 heterocycles. The summed E-state index contributed by atoms with van der Waals surface area (Å²) in [6, 6.07) is 17.6. The van der Waals surface area contributed by atoms with Crippen LogP contribution in [-0.4, -0.2) is 16.8 Å². The number of para-hydroxylation sites is 1. The first-order chi connectivity index (χ1) is 15.4. The van der Waals surface area contributed by atoms with E-state index in [1.807, 2.05) is 0 Å². The number of esters is 1. The number of rotatable bonds is 6. The van der Waals surface area contributed by atoms with Crippen LogP contribution >= 0.6 is 0 Å². The van der Waals surface area contributed by atoms with Crippen molar-refractivity contribution >= 4 is 23.6 Å². The average Bonchev–Trinajstić information content (AvgIpc) is 3.13. The van der Waals surface area contributed by atoms with E-state index >= 15 is 0 Å². The van der Waals surface area contributed by atoms with Crippen LogP contribution in [0.3, 0.4) is 0 Å². The highest BCUT2D eigenvalue weighted by molar-refractivity contribution is 6.13. The summed E-state index contributed by atoms with van der Waals surface area (Å²) in [6.45, 7) is 1.76. The normalized spacial score (nSPS) is 14.2. The third-order valence-electron chi connectivity index (χ3n) is 4.77. The quantitative estimate of drug-likeness (QED) is 0.237. The van der Waals surface area contributed by atoms with E-state index in [0.717, 1.165) is 0 Å². The summed E-state index contributed by atoms with van der Waals surface area (Å²) in [6.07, 6.45) is 1.51. The summed E-state index contributed by atoms with van der Waals surface area (Å²) in [5, 5.41) is 11.2. The van der Waals surface area contributed by atoms with Crippen molar-refractivity contribution in [1.82, 2.24) is 0 Å². The molecule has 3 aromatic carbocycles. The molecule has 0 unspecified atom stereocenters. The lowest BCUT2D eigenvalue weighted by Crippen LogP contribution is -2.06. The summed E-state index contributed by atoms with van der Waals surface area (Å²) >= 11 is 0. The van der Waals surface area contributed by atoms with Gasteiger partial charge in [0.2, 0.25) is 5.90 Å². The Kier molecular flexibility index (Phi) is 5.76. The number of nitrogens with zero attached hydrogens (tertiary/aromatic N) is 2. The zero-order chi connectivity index (χ0) is 22.7. The van der Waals surface area contributed by atoms with Crippen LogP contribution in [0, 0.1) is 22.9 Å². The lowest BCUT2D eigenvalue weighted by molar-refractivity contribution is -0.385. The molecule has 0 spiro atoms. The Morgan fingerprint density at radius 2 is 1.94 bits per heavy atom. The van der Waals surface area contributed by atoms with Gasteiger partial charge in [0.05, 0.1) is 4.92 Å². The summed E-state index contributed by atoms with van der Waals surface area (Å²) in [5.41, 5.74) is 2.00. The van der Waals surface area contributed by atoms with E-state index < -0.39 is 10.9 Å². The van der Waals surface area contributed by atoms with Crippen molar-refractivity contribution in [2.24, 2.45) is 4.99 Å². The molecule has 160 valence electrons. The van der Waals surface area contributed by atoms with Crippen LogP contribution in [0.15, 0.2) is 77.4 Å². The number of cyclic esters (lactones) is 1. The Morgan fingerprint density at radius 3 is 2.72 bits per heavy atom. The van der Waals surface area contributed by atoms with Gasteiger partial charge in [0.25, 0.3) is 5.69 Å². The van der Waals surface area contributed by atoms with Gasteiger partial charge in [-0.1, -0.05) is 36.4 Å². The van der Waals surface area contributed by atoms with Crippen LogP contribution in [-0.2, 0) is 16.1 Å². The number of carbonyl (C=O) groups excluding carboxylic acids is 1. The van der Waals surface area contributed by atoms with Crippen LogP contribution in [0.25, 0.3) is 6.08 Å². The Balaban J connectivity index is 1.60. The Hall–Kier alpha value is -4.33. The maximum Gasteiger partial charge on any atom is 0.363 e. The first-order valence-electron chi connectivity index (χ1n) is 9.65. The number of ether oxygens (including phenoxy) is 2.